The molecular weight excluding hydrogens is 367 g/mol. The van der Waals surface area contributed by atoms with E-state index in [0.717, 1.165) is 50.4 Å². The van der Waals surface area contributed by atoms with E-state index < -0.39 is 0 Å². The molecule has 6 heterocycles. The Balaban J connectivity index is 1.69. The standard InChI is InChI=1S/C25H17BN4/c1-2-18-12-20-5-6-22(29-20)15-25-24(16-7-9-26-10-8-16)14-23(30-25)13-21-4-3-19(28-21)11-17(1)27-18/h1-15,28,30H. The number of hydrogen-bond acceptors (Lipinski definition) is 2. The van der Waals surface area contributed by atoms with Gasteiger partial charge in [0.15, 0.2) is 0 Å². The molecule has 4 nitrogen and oxygen atoms in total. The first kappa shape index (κ1) is 16.9. The minimum atomic E-state index is 0.903. The zero-order valence-electron chi connectivity index (χ0n) is 16.1. The number of hydrogen-bond donors (Lipinski definition) is 2. The van der Waals surface area contributed by atoms with Crippen LogP contribution < -0.4 is 0 Å². The van der Waals surface area contributed by atoms with Gasteiger partial charge in [-0.25, -0.2) is 0 Å². The van der Waals surface area contributed by atoms with Crippen LogP contribution in [0.2, 0.25) is 0 Å². The molecule has 6 rings (SSSR count). The molecule has 0 aliphatic carbocycles. The Kier molecular flexibility index (Phi) is 3.84. The molecule has 0 radical (unpaired) electrons. The summed E-state index contributed by atoms with van der Waals surface area (Å²) in [5, 5.41) is 0. The fourth-order valence-corrected chi connectivity index (χ4v) is 3.87. The second kappa shape index (κ2) is 6.81. The molecule has 140 valence electrons. The summed E-state index contributed by atoms with van der Waals surface area (Å²) in [6.45, 7) is 2.04. The van der Waals surface area contributed by atoms with E-state index in [0.29, 0.717) is 0 Å². The van der Waals surface area contributed by atoms with Crippen molar-refractivity contribution in [2.75, 3.05) is 0 Å². The Labute approximate surface area is 173 Å². The summed E-state index contributed by atoms with van der Waals surface area (Å²) < 4.78 is 0. The van der Waals surface area contributed by atoms with E-state index in [1.807, 2.05) is 43.3 Å². The summed E-state index contributed by atoms with van der Waals surface area (Å²) in [5.41, 5.74) is 10.1. The van der Waals surface area contributed by atoms with E-state index >= 15 is 0 Å². The van der Waals surface area contributed by atoms with Gasteiger partial charge in [-0.1, -0.05) is 0 Å². The number of aromatic amines is 2. The van der Waals surface area contributed by atoms with Gasteiger partial charge < -0.3 is 0 Å². The van der Waals surface area contributed by atoms with Gasteiger partial charge in [0.05, 0.1) is 0 Å². The Morgan fingerprint density at radius 2 is 1.20 bits per heavy atom. The summed E-state index contributed by atoms with van der Waals surface area (Å²) >= 11 is 0. The van der Waals surface area contributed by atoms with Gasteiger partial charge in [-0.15, -0.1) is 0 Å². The topological polar surface area (TPSA) is 57.4 Å². The van der Waals surface area contributed by atoms with Gasteiger partial charge in [0.25, 0.3) is 0 Å². The number of aromatic nitrogens is 4. The van der Waals surface area contributed by atoms with Crippen LogP contribution in [-0.4, -0.2) is 26.8 Å². The van der Waals surface area contributed by atoms with Crippen LogP contribution >= 0.6 is 0 Å². The summed E-state index contributed by atoms with van der Waals surface area (Å²) in [6, 6.07) is 18.9. The number of nitrogens with one attached hydrogen (secondary N) is 2. The molecule has 5 heteroatoms. The molecule has 0 unspecified atom stereocenters. The first-order valence-corrected chi connectivity index (χ1v) is 9.92. The van der Waals surface area contributed by atoms with Crippen molar-refractivity contribution in [2.24, 2.45) is 0 Å². The third kappa shape index (κ3) is 3.20. The van der Waals surface area contributed by atoms with Crippen LogP contribution in [0, 0.1) is 0 Å². The van der Waals surface area contributed by atoms with Gasteiger partial charge >= 0.3 is 168 Å². The third-order valence-electron chi connectivity index (χ3n) is 5.25. The first-order chi connectivity index (χ1) is 14.8. The molecule has 4 aromatic heterocycles. The molecular formula is C25H17BN4. The zero-order chi connectivity index (χ0) is 19.9. The molecule has 0 spiro atoms. The average Bonchev–Trinajstić information content (AvgIpc) is 3.53. The number of rotatable bonds is 1. The summed E-state index contributed by atoms with van der Waals surface area (Å²) in [5.74, 6) is 4.12. The first-order valence-electron chi connectivity index (χ1n) is 9.92. The normalized spacial score (nSPS) is 12.3. The number of nitrogens with zero attached hydrogens (tertiary/aromatic N) is 2. The van der Waals surface area contributed by atoms with E-state index in [9.17, 15) is 0 Å². The van der Waals surface area contributed by atoms with Gasteiger partial charge in [0.2, 0.25) is 0 Å². The van der Waals surface area contributed by atoms with Crippen molar-refractivity contribution >= 4 is 53.3 Å². The third-order valence-corrected chi connectivity index (χ3v) is 5.25. The molecule has 2 N–H and O–H groups in total. The Bertz CT molecular complexity index is 1490. The summed E-state index contributed by atoms with van der Waals surface area (Å²) in [7, 11) is 0. The van der Waals surface area contributed by atoms with Crippen molar-refractivity contribution in [3.63, 3.8) is 0 Å². The molecule has 0 fully saturated rings. The molecule has 2 aliphatic rings. The van der Waals surface area contributed by atoms with Crippen LogP contribution in [0.25, 0.3) is 57.5 Å². The van der Waals surface area contributed by atoms with Gasteiger partial charge in [0, 0.05) is 0 Å². The maximum absolute atomic E-state index is 4.76. The predicted octanol–water partition coefficient (Wildman–Crippen LogP) is 5.66. The fraction of sp³-hybridized carbons (Fsp3) is 0. The van der Waals surface area contributed by atoms with Crippen LogP contribution in [0.5, 0.6) is 0 Å². The molecule has 30 heavy (non-hydrogen) atoms. The Morgan fingerprint density at radius 1 is 0.567 bits per heavy atom. The van der Waals surface area contributed by atoms with Crippen LogP contribution in [-0.2, 0) is 0 Å². The van der Waals surface area contributed by atoms with Crippen molar-refractivity contribution in [3.05, 3.63) is 89.3 Å². The molecule has 0 saturated heterocycles. The number of H-pyrrole nitrogens is 2. The summed E-state index contributed by atoms with van der Waals surface area (Å²) in [4.78, 5) is 16.4. The second-order valence-corrected chi connectivity index (χ2v) is 7.45. The quantitative estimate of drug-likeness (QED) is 0.384. The molecule has 0 aromatic carbocycles. The van der Waals surface area contributed by atoms with Gasteiger partial charge in [-0.2, -0.15) is 0 Å². The van der Waals surface area contributed by atoms with Crippen LogP contribution in [0.1, 0.15) is 22.8 Å². The van der Waals surface area contributed by atoms with E-state index in [1.54, 1.807) is 0 Å². The van der Waals surface area contributed by atoms with E-state index in [2.05, 4.69) is 69.3 Å². The van der Waals surface area contributed by atoms with E-state index in [1.165, 1.54) is 5.56 Å². The molecule has 4 aromatic rings. The Hall–Kier alpha value is -3.99. The van der Waals surface area contributed by atoms with Gasteiger partial charge in [-0.05, 0) is 6.08 Å². The molecule has 2 aliphatic heterocycles. The second-order valence-electron chi connectivity index (χ2n) is 7.45. The van der Waals surface area contributed by atoms with E-state index in [4.69, 9.17) is 4.98 Å². The fourth-order valence-electron chi connectivity index (χ4n) is 3.87. The predicted molar refractivity (Wildman–Crippen MR) is 126 cm³/mol. The molecule has 0 atom stereocenters. The Morgan fingerprint density at radius 3 is 1.93 bits per heavy atom. The van der Waals surface area contributed by atoms with Crippen molar-refractivity contribution in [1.29, 1.82) is 0 Å². The SMILES string of the molecule is b1ccc(-c2cc3cc4ccc(cc5nc(cc6nc(cc2[nH]3)C=C6)C=C5)[nH]4)cc1. The van der Waals surface area contributed by atoms with Gasteiger partial charge in [0.1, 0.15) is 0 Å². The zero-order valence-corrected chi connectivity index (χ0v) is 16.1. The monoisotopic (exact) mass is 384 g/mol. The maximum atomic E-state index is 4.76. The van der Waals surface area contributed by atoms with Crippen molar-refractivity contribution in [3.8, 4) is 11.1 Å². The van der Waals surface area contributed by atoms with Crippen molar-refractivity contribution < 1.29 is 0 Å². The van der Waals surface area contributed by atoms with Crippen LogP contribution in [0.15, 0.2) is 66.5 Å². The minimum absolute atomic E-state index is 0.903. The van der Waals surface area contributed by atoms with Crippen molar-refractivity contribution in [1.82, 2.24) is 19.9 Å². The number of fused-ring (bicyclic) bond motifs is 8. The van der Waals surface area contributed by atoms with E-state index in [-0.39, 0.29) is 0 Å². The van der Waals surface area contributed by atoms with Crippen LogP contribution in [0.3, 0.4) is 0 Å². The van der Waals surface area contributed by atoms with Crippen molar-refractivity contribution in [2.45, 2.75) is 0 Å². The molecule has 0 amide bonds. The van der Waals surface area contributed by atoms with Gasteiger partial charge in [-0.3, -0.25) is 0 Å². The molecule has 0 saturated carbocycles. The van der Waals surface area contributed by atoms with Crippen LogP contribution in [0.4, 0.5) is 0 Å². The average molecular weight is 384 g/mol. The summed E-state index contributed by atoms with van der Waals surface area (Å²) in [6.07, 6.45) is 8.10. The molecule has 8 bridgehead atoms.